The Morgan fingerprint density at radius 1 is 1.02 bits per heavy atom. The van der Waals surface area contributed by atoms with Gasteiger partial charge >= 0.3 is 5.69 Å². The zero-order valence-electron chi connectivity index (χ0n) is 21.2. The van der Waals surface area contributed by atoms with Crippen molar-refractivity contribution in [2.45, 2.75) is 44.6 Å². The highest BCUT2D eigenvalue weighted by Crippen LogP contribution is 2.35. The number of halogens is 1. The zero-order valence-corrected chi connectivity index (χ0v) is 22.8. The second-order valence-electron chi connectivity index (χ2n) is 9.50. The standard InChI is InChI=1S/C28H24BrN5O6/c29-21-14-20(26(25(15-21)34(38)39)40-17-18-7-6-10-22(13-18)33(36)37)16-30-32-27(19-8-2-1-3-9-19)31-24-12-5-4-11-23(24)28(32)35/h4-7,10-16,19H,1-3,8-9,17H2. The molecule has 5 rings (SSSR count). The molecule has 1 aromatic heterocycles. The SMILES string of the molecule is O=c1c2ccccc2nc(C2CCCCC2)n1N=Cc1cc(Br)cc([N+](=O)[O-])c1OCc1cccc([N+](=O)[O-])c1. The lowest BCUT2D eigenvalue weighted by Crippen LogP contribution is -2.25. The monoisotopic (exact) mass is 605 g/mol. The van der Waals surface area contributed by atoms with Crippen molar-refractivity contribution in [2.75, 3.05) is 0 Å². The van der Waals surface area contributed by atoms with E-state index in [0.717, 1.165) is 32.1 Å². The maximum absolute atomic E-state index is 13.5. The van der Waals surface area contributed by atoms with Gasteiger partial charge in [-0.05, 0) is 36.6 Å². The summed E-state index contributed by atoms with van der Waals surface area (Å²) in [6.45, 7) is -0.157. The molecular formula is C28H24BrN5O6. The molecule has 11 nitrogen and oxygen atoms in total. The molecule has 3 aromatic carbocycles. The number of rotatable bonds is 8. The summed E-state index contributed by atoms with van der Waals surface area (Å²) in [6, 6.07) is 15.8. The first-order valence-corrected chi connectivity index (χ1v) is 13.5. The first-order chi connectivity index (χ1) is 19.3. The summed E-state index contributed by atoms with van der Waals surface area (Å²) < 4.78 is 7.57. The molecule has 0 atom stereocenters. The van der Waals surface area contributed by atoms with Crippen LogP contribution in [0.3, 0.4) is 0 Å². The highest BCUT2D eigenvalue weighted by Gasteiger charge is 2.24. The third kappa shape index (κ3) is 5.76. The largest absolute Gasteiger partial charge is 0.481 e. The number of fused-ring (bicyclic) bond motifs is 1. The van der Waals surface area contributed by atoms with Crippen molar-refractivity contribution < 1.29 is 14.6 Å². The van der Waals surface area contributed by atoms with Gasteiger partial charge in [0.1, 0.15) is 12.4 Å². The Bertz CT molecular complexity index is 1700. The van der Waals surface area contributed by atoms with Gasteiger partial charge in [0.15, 0.2) is 0 Å². The molecule has 0 spiro atoms. The molecule has 1 fully saturated rings. The third-order valence-corrected chi connectivity index (χ3v) is 7.28. The Morgan fingerprint density at radius 2 is 1.80 bits per heavy atom. The maximum Gasteiger partial charge on any atom is 0.312 e. The fourth-order valence-electron chi connectivity index (χ4n) is 4.90. The van der Waals surface area contributed by atoms with Crippen LogP contribution in [0.1, 0.15) is 55.0 Å². The summed E-state index contributed by atoms with van der Waals surface area (Å²) in [4.78, 5) is 40.3. The minimum atomic E-state index is -0.581. The van der Waals surface area contributed by atoms with Gasteiger partial charge < -0.3 is 4.74 Å². The fourth-order valence-corrected chi connectivity index (χ4v) is 5.36. The van der Waals surface area contributed by atoms with E-state index in [0.29, 0.717) is 26.8 Å². The van der Waals surface area contributed by atoms with Crippen molar-refractivity contribution >= 4 is 44.4 Å². The van der Waals surface area contributed by atoms with Gasteiger partial charge in [0.25, 0.3) is 11.2 Å². The Hall–Kier alpha value is -4.45. The lowest BCUT2D eigenvalue weighted by molar-refractivity contribution is -0.386. The predicted molar refractivity (Wildman–Crippen MR) is 153 cm³/mol. The Kier molecular flexibility index (Phi) is 7.96. The summed E-state index contributed by atoms with van der Waals surface area (Å²) in [5.74, 6) is 0.539. The van der Waals surface area contributed by atoms with Crippen molar-refractivity contribution in [2.24, 2.45) is 5.10 Å². The second kappa shape index (κ2) is 11.7. The van der Waals surface area contributed by atoms with Crippen molar-refractivity contribution in [3.63, 3.8) is 0 Å². The summed E-state index contributed by atoms with van der Waals surface area (Å²) in [5, 5.41) is 28.0. The van der Waals surface area contributed by atoms with Crippen LogP contribution >= 0.6 is 15.9 Å². The third-order valence-electron chi connectivity index (χ3n) is 6.83. The van der Waals surface area contributed by atoms with E-state index in [1.54, 1.807) is 30.3 Å². The number of nitrogens with zero attached hydrogens (tertiary/aromatic N) is 5. The average Bonchev–Trinajstić information content (AvgIpc) is 2.96. The molecule has 12 heteroatoms. The van der Waals surface area contributed by atoms with Crippen LogP contribution in [0.4, 0.5) is 11.4 Å². The first kappa shape index (κ1) is 27.1. The molecule has 40 heavy (non-hydrogen) atoms. The molecule has 1 heterocycles. The molecular weight excluding hydrogens is 582 g/mol. The highest BCUT2D eigenvalue weighted by molar-refractivity contribution is 9.10. The molecule has 4 aromatic rings. The van der Waals surface area contributed by atoms with Crippen LogP contribution in [-0.4, -0.2) is 25.7 Å². The smallest absolute Gasteiger partial charge is 0.312 e. The van der Waals surface area contributed by atoms with Gasteiger partial charge in [0, 0.05) is 34.2 Å². The van der Waals surface area contributed by atoms with E-state index in [1.165, 1.54) is 35.2 Å². The fraction of sp³-hybridized carbons (Fsp3) is 0.250. The van der Waals surface area contributed by atoms with Gasteiger partial charge in [-0.15, -0.1) is 0 Å². The molecule has 204 valence electrons. The Labute approximate surface area is 236 Å². The van der Waals surface area contributed by atoms with Gasteiger partial charge in [-0.3, -0.25) is 25.0 Å². The van der Waals surface area contributed by atoms with Crippen LogP contribution in [0.5, 0.6) is 5.75 Å². The summed E-state index contributed by atoms with van der Waals surface area (Å²) >= 11 is 3.31. The van der Waals surface area contributed by atoms with Gasteiger partial charge in [0.05, 0.1) is 27.0 Å². The molecule has 0 aliphatic heterocycles. The van der Waals surface area contributed by atoms with Crippen molar-refractivity contribution in [3.8, 4) is 5.75 Å². The van der Waals surface area contributed by atoms with Crippen LogP contribution < -0.4 is 10.3 Å². The van der Waals surface area contributed by atoms with E-state index >= 15 is 0 Å². The van der Waals surface area contributed by atoms with Gasteiger partial charge in [0.2, 0.25) is 5.75 Å². The van der Waals surface area contributed by atoms with Crippen LogP contribution in [0.15, 0.2) is 75.0 Å². The maximum atomic E-state index is 13.5. The van der Waals surface area contributed by atoms with Crippen molar-refractivity contribution in [1.29, 1.82) is 0 Å². The minimum absolute atomic E-state index is 0.0599. The summed E-state index contributed by atoms with van der Waals surface area (Å²) in [7, 11) is 0. The van der Waals surface area contributed by atoms with Crippen LogP contribution in [0.25, 0.3) is 10.9 Å². The number of non-ortho nitro benzene ring substituents is 1. The lowest BCUT2D eigenvalue weighted by Gasteiger charge is -2.22. The van der Waals surface area contributed by atoms with Crippen LogP contribution in [0.2, 0.25) is 0 Å². The Morgan fingerprint density at radius 3 is 2.55 bits per heavy atom. The molecule has 0 N–H and O–H groups in total. The van der Waals surface area contributed by atoms with E-state index in [2.05, 4.69) is 21.0 Å². The van der Waals surface area contributed by atoms with Gasteiger partial charge in [-0.25, -0.2) is 4.98 Å². The number of benzene rings is 3. The van der Waals surface area contributed by atoms with Crippen molar-refractivity contribution in [3.05, 3.63) is 113 Å². The molecule has 1 aliphatic carbocycles. The molecule has 0 amide bonds. The van der Waals surface area contributed by atoms with E-state index in [1.807, 2.05) is 6.07 Å². The lowest BCUT2D eigenvalue weighted by atomic mass is 9.88. The molecule has 0 saturated heterocycles. The number of aromatic nitrogens is 2. The quantitative estimate of drug-likeness (QED) is 0.127. The first-order valence-electron chi connectivity index (χ1n) is 12.7. The van der Waals surface area contributed by atoms with E-state index < -0.39 is 9.85 Å². The zero-order chi connectivity index (χ0) is 28.2. The number of para-hydroxylation sites is 1. The predicted octanol–water partition coefficient (Wildman–Crippen LogP) is 6.48. The summed E-state index contributed by atoms with van der Waals surface area (Å²) in [5.41, 5.74) is 0.541. The van der Waals surface area contributed by atoms with Crippen LogP contribution in [0, 0.1) is 20.2 Å². The number of hydrogen-bond acceptors (Lipinski definition) is 8. The highest BCUT2D eigenvalue weighted by atomic mass is 79.9. The van der Waals surface area contributed by atoms with E-state index in [4.69, 9.17) is 9.72 Å². The number of nitro benzene ring substituents is 2. The topological polar surface area (TPSA) is 143 Å². The Balaban J connectivity index is 1.58. The number of nitro groups is 2. The van der Waals surface area contributed by atoms with Gasteiger partial charge in [-0.2, -0.15) is 9.78 Å². The average molecular weight is 606 g/mol. The minimum Gasteiger partial charge on any atom is -0.481 e. The van der Waals surface area contributed by atoms with E-state index in [-0.39, 0.29) is 40.8 Å². The van der Waals surface area contributed by atoms with E-state index in [9.17, 15) is 25.0 Å². The van der Waals surface area contributed by atoms with Gasteiger partial charge in [-0.1, -0.05) is 59.5 Å². The number of hydrogen-bond donors (Lipinski definition) is 0. The molecule has 0 radical (unpaired) electrons. The summed E-state index contributed by atoms with van der Waals surface area (Å²) in [6.07, 6.45) is 6.32. The molecule has 0 bridgehead atoms. The molecule has 1 saturated carbocycles. The van der Waals surface area contributed by atoms with Crippen LogP contribution in [-0.2, 0) is 6.61 Å². The second-order valence-corrected chi connectivity index (χ2v) is 10.4. The number of ether oxygens (including phenoxy) is 1. The molecule has 0 unspecified atom stereocenters. The van der Waals surface area contributed by atoms with Crippen molar-refractivity contribution in [1.82, 2.24) is 9.66 Å². The normalized spacial score (nSPS) is 14.0. The molecule has 1 aliphatic rings.